The molecule has 0 radical (unpaired) electrons. The fraction of sp³-hybridized carbons (Fsp3) is 0.480. The van der Waals surface area contributed by atoms with Gasteiger partial charge in [-0.3, -0.25) is 0 Å². The molecule has 280 valence electrons. The summed E-state index contributed by atoms with van der Waals surface area (Å²) in [5.74, 6) is 1.84. The lowest BCUT2D eigenvalue weighted by Crippen LogP contribution is -2.69. The van der Waals surface area contributed by atoms with Crippen LogP contribution in [0.1, 0.15) is 124 Å². The molecule has 0 saturated heterocycles. The van der Waals surface area contributed by atoms with E-state index in [-0.39, 0.29) is 23.0 Å². The third kappa shape index (κ3) is 5.93. The molecule has 3 nitrogen and oxygen atoms in total. The summed E-state index contributed by atoms with van der Waals surface area (Å²) in [7, 11) is 0. The average molecular weight is 717 g/mol. The molecule has 0 bridgehead atoms. The molecule has 5 aromatic rings. The standard InChI is InChI=1S/C50H61BN2O/c1-48(2,3)34-19-24-37(25-20-34)52-41-31-36(50(7,8)9)23-28-40(41)51-45-42(52)29-33(32-15-11-10-12-16-32)30-43(45)53(38-26-21-35(22-27-38)49(4,5)6)46-39-17-13-14-18-44(39)54-47(46)51/h13-14,17-28,31-33,42-43,45H,10-12,15-16,29-30H2,1-9H3. The highest BCUT2D eigenvalue weighted by Gasteiger charge is 2.59. The van der Waals surface area contributed by atoms with E-state index in [0.29, 0.717) is 23.8 Å². The van der Waals surface area contributed by atoms with Crippen LogP contribution in [0.25, 0.3) is 11.0 Å². The first-order valence-electron chi connectivity index (χ1n) is 21.1. The van der Waals surface area contributed by atoms with E-state index in [2.05, 4.69) is 163 Å². The summed E-state index contributed by atoms with van der Waals surface area (Å²) < 4.78 is 7.19. The lowest BCUT2D eigenvalue weighted by molar-refractivity contribution is 0.168. The van der Waals surface area contributed by atoms with Gasteiger partial charge in [-0.25, -0.2) is 0 Å². The minimum Gasteiger partial charge on any atom is -0.469 e. The van der Waals surface area contributed by atoms with Crippen LogP contribution in [0.3, 0.4) is 0 Å². The van der Waals surface area contributed by atoms with Crippen molar-refractivity contribution < 1.29 is 4.42 Å². The first kappa shape index (κ1) is 35.8. The van der Waals surface area contributed by atoms with Gasteiger partial charge in [0.25, 0.3) is 6.71 Å². The second-order valence-electron chi connectivity index (χ2n) is 20.5. The Labute approximate surface area is 325 Å². The molecule has 0 spiro atoms. The zero-order valence-corrected chi connectivity index (χ0v) is 34.4. The molecule has 3 heterocycles. The van der Waals surface area contributed by atoms with Crippen LogP contribution in [-0.2, 0) is 16.2 Å². The lowest BCUT2D eigenvalue weighted by Gasteiger charge is -2.59. The fourth-order valence-corrected chi connectivity index (χ4v) is 11.0. The van der Waals surface area contributed by atoms with Crippen LogP contribution in [0.15, 0.2) is 95.4 Å². The van der Waals surface area contributed by atoms with Crippen LogP contribution < -0.4 is 20.9 Å². The molecule has 0 N–H and O–H groups in total. The predicted molar refractivity (Wildman–Crippen MR) is 232 cm³/mol. The van der Waals surface area contributed by atoms with E-state index in [0.717, 1.165) is 17.2 Å². The average Bonchev–Trinajstić information content (AvgIpc) is 3.53. The minimum absolute atomic E-state index is 0.0421. The largest absolute Gasteiger partial charge is 0.469 e. The Morgan fingerprint density at radius 3 is 1.70 bits per heavy atom. The van der Waals surface area contributed by atoms with Gasteiger partial charge in [0, 0.05) is 34.5 Å². The van der Waals surface area contributed by atoms with Crippen LogP contribution in [0.4, 0.5) is 22.7 Å². The van der Waals surface area contributed by atoms with Crippen LogP contribution in [0.2, 0.25) is 5.82 Å². The smallest absolute Gasteiger partial charge is 0.268 e. The van der Waals surface area contributed by atoms with E-state index in [4.69, 9.17) is 4.42 Å². The molecule has 4 atom stereocenters. The SMILES string of the molecule is CC(C)(C)c1ccc(N2c3cc(C(C)(C)C)ccc3B3c4oc5ccccc5c4N(c4ccc(C(C)(C)C)cc4)C4CC(C5CCCCC5)CC2C34)cc1. The van der Waals surface area contributed by atoms with Gasteiger partial charge in [-0.2, -0.15) is 0 Å². The Balaban J connectivity index is 1.31. The number of furan rings is 1. The van der Waals surface area contributed by atoms with Gasteiger partial charge in [-0.05, 0) is 111 Å². The molecule has 4 aromatic carbocycles. The van der Waals surface area contributed by atoms with Crippen molar-refractivity contribution in [3.05, 3.63) is 108 Å². The van der Waals surface area contributed by atoms with Crippen LogP contribution in [0.5, 0.6) is 0 Å². The van der Waals surface area contributed by atoms with Gasteiger partial charge < -0.3 is 14.2 Å². The van der Waals surface area contributed by atoms with Gasteiger partial charge in [-0.15, -0.1) is 0 Å². The highest BCUT2D eigenvalue weighted by Crippen LogP contribution is 2.56. The van der Waals surface area contributed by atoms with Crippen molar-refractivity contribution in [1.82, 2.24) is 0 Å². The molecule has 4 heteroatoms. The summed E-state index contributed by atoms with van der Waals surface area (Å²) in [5.41, 5.74) is 13.3. The molecule has 54 heavy (non-hydrogen) atoms. The summed E-state index contributed by atoms with van der Waals surface area (Å²) in [5, 5.41) is 1.25. The Hall–Kier alpha value is -3.92. The summed E-state index contributed by atoms with van der Waals surface area (Å²) in [6.45, 7) is 21.2. The predicted octanol–water partition coefficient (Wildman–Crippen LogP) is 12.3. The highest BCUT2D eigenvalue weighted by atomic mass is 16.3. The second kappa shape index (κ2) is 12.8. The molecule has 2 saturated carbocycles. The highest BCUT2D eigenvalue weighted by molar-refractivity contribution is 6.89. The summed E-state index contributed by atoms with van der Waals surface area (Å²) in [6, 6.07) is 36.3. The Morgan fingerprint density at radius 2 is 1.11 bits per heavy atom. The van der Waals surface area contributed by atoms with Crippen LogP contribution >= 0.6 is 0 Å². The number of fused-ring (bicyclic) bond motifs is 6. The molecule has 2 aliphatic carbocycles. The van der Waals surface area contributed by atoms with Crippen molar-refractivity contribution in [2.45, 2.75) is 141 Å². The van der Waals surface area contributed by atoms with Crippen molar-refractivity contribution in [2.75, 3.05) is 9.80 Å². The Bertz CT molecular complexity index is 2150. The normalized spacial score (nSPS) is 23.3. The van der Waals surface area contributed by atoms with Gasteiger partial charge >= 0.3 is 0 Å². The number of rotatable bonds is 3. The molecule has 1 aromatic heterocycles. The van der Waals surface area contributed by atoms with E-state index in [1.807, 2.05) is 0 Å². The molecule has 2 aliphatic heterocycles. The van der Waals surface area contributed by atoms with Crippen molar-refractivity contribution in [3.63, 3.8) is 0 Å². The summed E-state index contributed by atoms with van der Waals surface area (Å²) >= 11 is 0. The summed E-state index contributed by atoms with van der Waals surface area (Å²) in [6.07, 6.45) is 9.38. The zero-order valence-electron chi connectivity index (χ0n) is 34.4. The van der Waals surface area contributed by atoms with E-state index in [1.54, 1.807) is 0 Å². The lowest BCUT2D eigenvalue weighted by atomic mass is 9.28. The number of para-hydroxylation sites is 1. The molecule has 4 unspecified atom stereocenters. The maximum Gasteiger partial charge on any atom is 0.268 e. The van der Waals surface area contributed by atoms with Crippen molar-refractivity contribution in [3.8, 4) is 0 Å². The van der Waals surface area contributed by atoms with Crippen LogP contribution in [0, 0.1) is 11.8 Å². The van der Waals surface area contributed by atoms with Crippen LogP contribution in [-0.4, -0.2) is 18.8 Å². The molecule has 4 aliphatic rings. The monoisotopic (exact) mass is 716 g/mol. The third-order valence-electron chi connectivity index (χ3n) is 14.0. The number of hydrogen-bond donors (Lipinski definition) is 0. The van der Waals surface area contributed by atoms with E-state index in [9.17, 15) is 0 Å². The number of benzene rings is 4. The molecule has 9 rings (SSSR count). The third-order valence-corrected chi connectivity index (χ3v) is 14.0. The molecule has 0 amide bonds. The fourth-order valence-electron chi connectivity index (χ4n) is 11.0. The Kier molecular flexibility index (Phi) is 8.49. The minimum atomic E-state index is 0.0421. The Morgan fingerprint density at radius 1 is 0.574 bits per heavy atom. The molecule has 2 fully saturated rings. The summed E-state index contributed by atoms with van der Waals surface area (Å²) in [4.78, 5) is 5.61. The topological polar surface area (TPSA) is 19.6 Å². The first-order chi connectivity index (χ1) is 25.7. The maximum atomic E-state index is 7.19. The van der Waals surface area contributed by atoms with Gasteiger partial charge in [0.15, 0.2) is 0 Å². The zero-order chi connectivity index (χ0) is 37.7. The number of hydrogen-bond acceptors (Lipinski definition) is 3. The maximum absolute atomic E-state index is 7.19. The van der Waals surface area contributed by atoms with Gasteiger partial charge in [0.05, 0.1) is 11.3 Å². The van der Waals surface area contributed by atoms with Gasteiger partial charge in [0.1, 0.15) is 5.58 Å². The molecular weight excluding hydrogens is 655 g/mol. The molecular formula is C50H61BN2O. The number of nitrogens with zero attached hydrogens (tertiary/aromatic N) is 2. The van der Waals surface area contributed by atoms with Crippen molar-refractivity contribution >= 4 is 51.6 Å². The quantitative estimate of drug-likeness (QED) is 0.173. The van der Waals surface area contributed by atoms with Crippen molar-refractivity contribution in [1.29, 1.82) is 0 Å². The first-order valence-corrected chi connectivity index (χ1v) is 21.1. The van der Waals surface area contributed by atoms with Gasteiger partial charge in [0.2, 0.25) is 0 Å². The number of anilines is 4. The van der Waals surface area contributed by atoms with Gasteiger partial charge in [-0.1, -0.05) is 143 Å². The second-order valence-corrected chi connectivity index (χ2v) is 20.5. The van der Waals surface area contributed by atoms with Crippen molar-refractivity contribution in [2.24, 2.45) is 11.8 Å². The van der Waals surface area contributed by atoms with E-state index < -0.39 is 0 Å². The van der Waals surface area contributed by atoms with E-state index >= 15 is 0 Å². The van der Waals surface area contributed by atoms with E-state index in [1.165, 1.54) is 95.2 Å².